The van der Waals surface area contributed by atoms with E-state index in [0.29, 0.717) is 17.3 Å². The first kappa shape index (κ1) is 15.3. The topological polar surface area (TPSA) is 43.6 Å². The van der Waals surface area contributed by atoms with Crippen LogP contribution in [-0.2, 0) is 6.61 Å². The predicted octanol–water partition coefficient (Wildman–Crippen LogP) is 3.71. The molecule has 0 amide bonds. The molecule has 2 aromatic heterocycles. The van der Waals surface area contributed by atoms with Crippen LogP contribution in [0.4, 0.5) is 0 Å². The Kier molecular flexibility index (Phi) is 4.15. The lowest BCUT2D eigenvalue weighted by Crippen LogP contribution is -2.16. The summed E-state index contributed by atoms with van der Waals surface area (Å²) in [4.78, 5) is 16.6. The van der Waals surface area contributed by atoms with Gasteiger partial charge in [-0.25, -0.2) is 4.98 Å². The Morgan fingerprint density at radius 1 is 1.13 bits per heavy atom. The Bertz CT molecular complexity index is 880. The van der Waals surface area contributed by atoms with E-state index in [-0.39, 0.29) is 12.2 Å². The number of fused-ring (bicyclic) bond motifs is 1. The van der Waals surface area contributed by atoms with Gasteiger partial charge in [-0.1, -0.05) is 26.0 Å². The van der Waals surface area contributed by atoms with Gasteiger partial charge in [-0.2, -0.15) is 0 Å². The van der Waals surface area contributed by atoms with Crippen molar-refractivity contribution in [3.8, 4) is 5.75 Å². The summed E-state index contributed by atoms with van der Waals surface area (Å²) >= 11 is 0. The Balaban J connectivity index is 1.80. The minimum Gasteiger partial charge on any atom is -0.487 e. The highest BCUT2D eigenvalue weighted by molar-refractivity contribution is 5.41. The maximum atomic E-state index is 12.1. The third kappa shape index (κ3) is 3.42. The van der Waals surface area contributed by atoms with Gasteiger partial charge in [0.25, 0.3) is 5.56 Å². The van der Waals surface area contributed by atoms with Crippen molar-refractivity contribution in [3.63, 3.8) is 0 Å². The quantitative estimate of drug-likeness (QED) is 0.738. The monoisotopic (exact) mass is 308 g/mol. The fraction of sp³-hybridized carbons (Fsp3) is 0.263. The average molecular weight is 308 g/mol. The van der Waals surface area contributed by atoms with Crippen molar-refractivity contribution >= 4 is 5.65 Å². The number of ether oxygens (including phenoxy) is 1. The van der Waals surface area contributed by atoms with Gasteiger partial charge >= 0.3 is 0 Å². The van der Waals surface area contributed by atoms with E-state index >= 15 is 0 Å². The molecule has 2 heterocycles. The Morgan fingerprint density at radius 2 is 1.87 bits per heavy atom. The van der Waals surface area contributed by atoms with Crippen LogP contribution in [0.25, 0.3) is 5.65 Å². The standard InChI is InChI=1S/C19H20N2O2/c1-13(2)15-4-6-17(7-5-15)23-12-16-11-19(22)21-9-8-14(3)10-18(21)20-16/h4-11,13H,12H2,1-3H3. The molecule has 0 aliphatic rings. The molecule has 1 aromatic carbocycles. The molecule has 23 heavy (non-hydrogen) atoms. The largest absolute Gasteiger partial charge is 0.487 e. The maximum absolute atomic E-state index is 12.1. The summed E-state index contributed by atoms with van der Waals surface area (Å²) in [5.41, 5.74) is 3.53. The molecule has 0 saturated heterocycles. The number of aryl methyl sites for hydroxylation is 1. The van der Waals surface area contributed by atoms with Crippen molar-refractivity contribution in [3.05, 3.63) is 75.8 Å². The number of nitrogens with zero attached hydrogens (tertiary/aromatic N) is 2. The molecule has 4 heteroatoms. The Labute approximate surface area is 135 Å². The van der Waals surface area contributed by atoms with Gasteiger partial charge in [0, 0.05) is 12.3 Å². The van der Waals surface area contributed by atoms with Crippen LogP contribution in [0.5, 0.6) is 5.75 Å². The van der Waals surface area contributed by atoms with E-state index < -0.39 is 0 Å². The first-order valence-electron chi connectivity index (χ1n) is 7.74. The Hall–Kier alpha value is -2.62. The van der Waals surface area contributed by atoms with Crippen LogP contribution in [0.1, 0.15) is 36.6 Å². The number of hydrogen-bond acceptors (Lipinski definition) is 3. The van der Waals surface area contributed by atoms with Gasteiger partial charge < -0.3 is 4.74 Å². The summed E-state index contributed by atoms with van der Waals surface area (Å²) in [6, 6.07) is 13.3. The van der Waals surface area contributed by atoms with E-state index in [2.05, 4.69) is 31.0 Å². The average Bonchev–Trinajstić information content (AvgIpc) is 2.53. The van der Waals surface area contributed by atoms with Gasteiger partial charge in [0.15, 0.2) is 0 Å². The van der Waals surface area contributed by atoms with E-state index in [9.17, 15) is 4.79 Å². The van der Waals surface area contributed by atoms with Crippen molar-refractivity contribution in [2.75, 3.05) is 0 Å². The van der Waals surface area contributed by atoms with Crippen LogP contribution in [0.15, 0.2) is 53.5 Å². The highest BCUT2D eigenvalue weighted by atomic mass is 16.5. The second kappa shape index (κ2) is 6.24. The van der Waals surface area contributed by atoms with Crippen molar-refractivity contribution in [1.82, 2.24) is 9.38 Å². The predicted molar refractivity (Wildman–Crippen MR) is 91.1 cm³/mol. The molecule has 0 bridgehead atoms. The smallest absolute Gasteiger partial charge is 0.258 e. The van der Waals surface area contributed by atoms with Crippen LogP contribution in [-0.4, -0.2) is 9.38 Å². The zero-order valence-electron chi connectivity index (χ0n) is 13.6. The second-order valence-corrected chi connectivity index (χ2v) is 6.03. The van der Waals surface area contributed by atoms with Gasteiger partial charge in [0.1, 0.15) is 18.0 Å². The molecule has 0 radical (unpaired) electrons. The third-order valence-electron chi connectivity index (χ3n) is 3.81. The summed E-state index contributed by atoms with van der Waals surface area (Å²) in [6.07, 6.45) is 1.75. The molecule has 3 aromatic rings. The molecule has 0 aliphatic heterocycles. The van der Waals surface area contributed by atoms with Gasteiger partial charge in [0.05, 0.1) is 5.69 Å². The lowest BCUT2D eigenvalue weighted by atomic mass is 10.0. The molecule has 0 spiro atoms. The minimum atomic E-state index is -0.0937. The van der Waals surface area contributed by atoms with Gasteiger partial charge in [-0.05, 0) is 48.2 Å². The van der Waals surface area contributed by atoms with Crippen LogP contribution in [0, 0.1) is 6.92 Å². The number of hydrogen-bond donors (Lipinski definition) is 0. The second-order valence-electron chi connectivity index (χ2n) is 6.03. The van der Waals surface area contributed by atoms with Crippen molar-refractivity contribution in [2.24, 2.45) is 0 Å². The molecule has 0 N–H and O–H groups in total. The molecular weight excluding hydrogens is 288 g/mol. The molecule has 118 valence electrons. The maximum Gasteiger partial charge on any atom is 0.258 e. The SMILES string of the molecule is Cc1ccn2c(=O)cc(COc3ccc(C(C)C)cc3)nc2c1. The molecule has 0 fully saturated rings. The first-order chi connectivity index (χ1) is 11.0. The van der Waals surface area contributed by atoms with E-state index in [1.807, 2.05) is 31.2 Å². The van der Waals surface area contributed by atoms with Crippen LogP contribution < -0.4 is 10.3 Å². The molecule has 0 atom stereocenters. The summed E-state index contributed by atoms with van der Waals surface area (Å²) in [6.45, 7) is 6.57. The molecule has 0 aliphatic carbocycles. The van der Waals surface area contributed by atoms with E-state index in [4.69, 9.17) is 4.74 Å². The van der Waals surface area contributed by atoms with E-state index in [1.165, 1.54) is 16.0 Å². The summed E-state index contributed by atoms with van der Waals surface area (Å²) in [5.74, 6) is 1.27. The van der Waals surface area contributed by atoms with Crippen LogP contribution in [0.3, 0.4) is 0 Å². The summed E-state index contributed by atoms with van der Waals surface area (Å²) in [5, 5.41) is 0. The molecule has 0 unspecified atom stereocenters. The van der Waals surface area contributed by atoms with Gasteiger partial charge in [-0.15, -0.1) is 0 Å². The van der Waals surface area contributed by atoms with Crippen LogP contribution in [0.2, 0.25) is 0 Å². The number of aromatic nitrogens is 2. The number of pyridine rings is 1. The Morgan fingerprint density at radius 3 is 2.57 bits per heavy atom. The lowest BCUT2D eigenvalue weighted by molar-refractivity contribution is 0.301. The van der Waals surface area contributed by atoms with Crippen molar-refractivity contribution in [1.29, 1.82) is 0 Å². The highest BCUT2D eigenvalue weighted by Crippen LogP contribution is 2.19. The highest BCUT2D eigenvalue weighted by Gasteiger charge is 2.04. The first-order valence-corrected chi connectivity index (χ1v) is 7.74. The zero-order valence-corrected chi connectivity index (χ0v) is 13.6. The number of benzene rings is 1. The molecule has 0 saturated carbocycles. The lowest BCUT2D eigenvalue weighted by Gasteiger charge is -2.09. The molecule has 4 nitrogen and oxygen atoms in total. The van der Waals surface area contributed by atoms with E-state index in [1.54, 1.807) is 6.20 Å². The zero-order chi connectivity index (χ0) is 16.4. The summed E-state index contributed by atoms with van der Waals surface area (Å²) in [7, 11) is 0. The van der Waals surface area contributed by atoms with Crippen molar-refractivity contribution in [2.45, 2.75) is 33.3 Å². The minimum absolute atomic E-state index is 0.0937. The van der Waals surface area contributed by atoms with Gasteiger partial charge in [0.2, 0.25) is 0 Å². The third-order valence-corrected chi connectivity index (χ3v) is 3.81. The number of rotatable bonds is 4. The molecular formula is C19H20N2O2. The molecule has 3 rings (SSSR count). The van der Waals surface area contributed by atoms with Gasteiger partial charge in [-0.3, -0.25) is 9.20 Å². The summed E-state index contributed by atoms with van der Waals surface area (Å²) < 4.78 is 7.29. The van der Waals surface area contributed by atoms with Crippen molar-refractivity contribution < 1.29 is 4.74 Å². The normalized spacial score (nSPS) is 11.1. The fourth-order valence-corrected chi connectivity index (χ4v) is 2.43. The van der Waals surface area contributed by atoms with Crippen LogP contribution >= 0.6 is 0 Å². The van der Waals surface area contributed by atoms with E-state index in [0.717, 1.165) is 11.3 Å². The fourth-order valence-electron chi connectivity index (χ4n) is 2.43.